The summed E-state index contributed by atoms with van der Waals surface area (Å²) in [5.74, 6) is 1.63. The zero-order valence-electron chi connectivity index (χ0n) is 10.5. The number of ether oxygens (including phenoxy) is 1. The van der Waals surface area contributed by atoms with Gasteiger partial charge >= 0.3 is 0 Å². The van der Waals surface area contributed by atoms with E-state index in [2.05, 4.69) is 26.1 Å². The summed E-state index contributed by atoms with van der Waals surface area (Å²) in [5, 5.41) is 3.57. The van der Waals surface area contributed by atoms with Gasteiger partial charge in [-0.2, -0.15) is 0 Å². The highest BCUT2D eigenvalue weighted by Crippen LogP contribution is 2.41. The third-order valence-electron chi connectivity index (χ3n) is 3.81. The smallest absolute Gasteiger partial charge is 0.0667 e. The molecular weight excluding hydrogens is 188 g/mol. The van der Waals surface area contributed by atoms with Gasteiger partial charge in [-0.1, -0.05) is 13.8 Å². The Morgan fingerprint density at radius 3 is 2.40 bits per heavy atom. The van der Waals surface area contributed by atoms with E-state index in [1.54, 1.807) is 7.11 Å². The quantitative estimate of drug-likeness (QED) is 0.702. The van der Waals surface area contributed by atoms with Crippen molar-refractivity contribution in [3.8, 4) is 0 Å². The van der Waals surface area contributed by atoms with Gasteiger partial charge in [-0.15, -0.1) is 0 Å². The second kappa shape index (κ2) is 5.28. The average Bonchev–Trinajstić information content (AvgIpc) is 2.15. The third-order valence-corrected chi connectivity index (χ3v) is 3.81. The van der Waals surface area contributed by atoms with E-state index >= 15 is 0 Å². The van der Waals surface area contributed by atoms with Gasteiger partial charge in [0.25, 0.3) is 0 Å². The van der Waals surface area contributed by atoms with Gasteiger partial charge in [0, 0.05) is 25.7 Å². The average molecular weight is 214 g/mol. The van der Waals surface area contributed by atoms with Crippen LogP contribution in [0.5, 0.6) is 0 Å². The first kappa shape index (κ1) is 12.9. The van der Waals surface area contributed by atoms with E-state index in [4.69, 9.17) is 10.5 Å². The Hall–Kier alpha value is -0.120. The number of methoxy groups -OCH3 is 1. The van der Waals surface area contributed by atoms with Gasteiger partial charge in [0.2, 0.25) is 0 Å². The highest BCUT2D eigenvalue weighted by Gasteiger charge is 2.43. The van der Waals surface area contributed by atoms with Gasteiger partial charge < -0.3 is 15.8 Å². The van der Waals surface area contributed by atoms with Crippen molar-refractivity contribution in [1.82, 2.24) is 5.32 Å². The van der Waals surface area contributed by atoms with Gasteiger partial charge in [-0.05, 0) is 31.6 Å². The molecule has 1 fully saturated rings. The predicted molar refractivity (Wildman–Crippen MR) is 63.8 cm³/mol. The number of hydrogen-bond donors (Lipinski definition) is 2. The fraction of sp³-hybridized carbons (Fsp3) is 1.00. The van der Waals surface area contributed by atoms with Crippen molar-refractivity contribution in [3.63, 3.8) is 0 Å². The van der Waals surface area contributed by atoms with Crippen LogP contribution >= 0.6 is 0 Å². The molecule has 90 valence electrons. The van der Waals surface area contributed by atoms with Gasteiger partial charge in [0.05, 0.1) is 6.10 Å². The van der Waals surface area contributed by atoms with Crippen molar-refractivity contribution >= 4 is 0 Å². The van der Waals surface area contributed by atoms with E-state index in [1.807, 2.05) is 0 Å². The lowest BCUT2D eigenvalue weighted by molar-refractivity contribution is 0.0508. The summed E-state index contributed by atoms with van der Waals surface area (Å²) in [7, 11) is 1.75. The molecule has 1 aliphatic carbocycles. The minimum Gasteiger partial charge on any atom is -0.380 e. The van der Waals surface area contributed by atoms with Gasteiger partial charge in [0.1, 0.15) is 0 Å². The maximum atomic E-state index is 5.86. The maximum Gasteiger partial charge on any atom is 0.0667 e. The highest BCUT2D eigenvalue weighted by atomic mass is 16.5. The zero-order valence-corrected chi connectivity index (χ0v) is 10.5. The molecule has 0 radical (unpaired) electrons. The molecule has 0 aliphatic heterocycles. The molecule has 1 unspecified atom stereocenters. The minimum absolute atomic E-state index is 0.196. The molecule has 0 aromatic rings. The fourth-order valence-corrected chi connectivity index (χ4v) is 2.24. The molecule has 1 saturated carbocycles. The van der Waals surface area contributed by atoms with E-state index in [9.17, 15) is 0 Å². The van der Waals surface area contributed by atoms with E-state index in [0.29, 0.717) is 0 Å². The number of nitrogens with two attached hydrogens (primary N) is 1. The Morgan fingerprint density at radius 2 is 2.00 bits per heavy atom. The summed E-state index contributed by atoms with van der Waals surface area (Å²) in [4.78, 5) is 0. The molecule has 0 aromatic heterocycles. The van der Waals surface area contributed by atoms with Crippen LogP contribution in [0.4, 0.5) is 0 Å². The first-order chi connectivity index (χ1) is 7.03. The predicted octanol–water partition coefficient (Wildman–Crippen LogP) is 1.37. The number of rotatable bonds is 6. The Bertz CT molecular complexity index is 188. The molecular formula is C12H26N2O. The summed E-state index contributed by atoms with van der Waals surface area (Å²) in [6, 6.07) is 0. The van der Waals surface area contributed by atoms with Crippen LogP contribution in [-0.4, -0.2) is 31.8 Å². The molecule has 1 aliphatic rings. The molecule has 0 aromatic carbocycles. The molecule has 15 heavy (non-hydrogen) atoms. The van der Waals surface area contributed by atoms with Crippen LogP contribution in [-0.2, 0) is 4.74 Å². The molecule has 3 heteroatoms. The summed E-state index contributed by atoms with van der Waals surface area (Å²) in [6.07, 6.45) is 2.71. The van der Waals surface area contributed by atoms with Crippen molar-refractivity contribution in [2.75, 3.05) is 20.2 Å². The van der Waals surface area contributed by atoms with E-state index in [1.165, 1.54) is 12.8 Å². The van der Waals surface area contributed by atoms with E-state index in [0.717, 1.165) is 24.9 Å². The molecule has 3 nitrogen and oxygen atoms in total. The van der Waals surface area contributed by atoms with Crippen molar-refractivity contribution in [2.45, 2.75) is 45.3 Å². The minimum atomic E-state index is 0.196. The molecule has 0 saturated heterocycles. The second-order valence-electron chi connectivity index (χ2n) is 5.32. The summed E-state index contributed by atoms with van der Waals surface area (Å²) in [5.41, 5.74) is 6.05. The molecule has 0 spiro atoms. The third kappa shape index (κ3) is 3.16. The molecule has 1 rings (SSSR count). The Kier molecular flexibility index (Phi) is 4.56. The Morgan fingerprint density at radius 1 is 1.40 bits per heavy atom. The normalized spacial score (nSPS) is 32.8. The van der Waals surface area contributed by atoms with Crippen LogP contribution in [0.2, 0.25) is 0 Å². The second-order valence-corrected chi connectivity index (χ2v) is 5.32. The fourth-order valence-electron chi connectivity index (χ4n) is 2.24. The van der Waals surface area contributed by atoms with E-state index < -0.39 is 0 Å². The van der Waals surface area contributed by atoms with Crippen molar-refractivity contribution < 1.29 is 4.74 Å². The van der Waals surface area contributed by atoms with Crippen LogP contribution in [0.25, 0.3) is 0 Å². The lowest BCUT2D eigenvalue weighted by Crippen LogP contribution is -2.62. The Balaban J connectivity index is 2.32. The summed E-state index contributed by atoms with van der Waals surface area (Å²) >= 11 is 0. The standard InChI is InChI=1S/C12H26N2O/c1-9(2)11-5-12(6-11,8-13)14-7-10(3)15-4/h9-11,14H,5-8,13H2,1-4H3. The number of hydrogen-bond acceptors (Lipinski definition) is 3. The molecule has 3 N–H and O–H groups in total. The lowest BCUT2D eigenvalue weighted by Gasteiger charge is -2.50. The molecule has 0 bridgehead atoms. The van der Waals surface area contributed by atoms with Crippen LogP contribution in [0.3, 0.4) is 0 Å². The van der Waals surface area contributed by atoms with Crippen LogP contribution in [0.1, 0.15) is 33.6 Å². The summed E-state index contributed by atoms with van der Waals surface area (Å²) < 4.78 is 5.23. The maximum absolute atomic E-state index is 5.86. The highest BCUT2D eigenvalue weighted by molar-refractivity contribution is 5.02. The molecule has 0 heterocycles. The van der Waals surface area contributed by atoms with E-state index in [-0.39, 0.29) is 11.6 Å². The monoisotopic (exact) mass is 214 g/mol. The van der Waals surface area contributed by atoms with Crippen molar-refractivity contribution in [2.24, 2.45) is 17.6 Å². The Labute approximate surface area is 93.8 Å². The topological polar surface area (TPSA) is 47.3 Å². The van der Waals surface area contributed by atoms with Gasteiger partial charge in [-0.3, -0.25) is 0 Å². The van der Waals surface area contributed by atoms with Gasteiger partial charge in [-0.25, -0.2) is 0 Å². The zero-order chi connectivity index (χ0) is 11.5. The van der Waals surface area contributed by atoms with Crippen molar-refractivity contribution in [1.29, 1.82) is 0 Å². The number of nitrogens with one attached hydrogen (secondary N) is 1. The lowest BCUT2D eigenvalue weighted by atomic mass is 9.64. The first-order valence-corrected chi connectivity index (χ1v) is 6.01. The van der Waals surface area contributed by atoms with Crippen LogP contribution in [0.15, 0.2) is 0 Å². The van der Waals surface area contributed by atoms with Crippen LogP contribution in [0, 0.1) is 11.8 Å². The molecule has 0 amide bonds. The van der Waals surface area contributed by atoms with Crippen molar-refractivity contribution in [3.05, 3.63) is 0 Å². The SMILES string of the molecule is COC(C)CNC1(CN)CC(C(C)C)C1. The van der Waals surface area contributed by atoms with Gasteiger partial charge in [0.15, 0.2) is 0 Å². The molecule has 1 atom stereocenters. The summed E-state index contributed by atoms with van der Waals surface area (Å²) in [6.45, 7) is 8.31. The first-order valence-electron chi connectivity index (χ1n) is 6.01. The largest absolute Gasteiger partial charge is 0.380 e. The van der Waals surface area contributed by atoms with Crippen LogP contribution < -0.4 is 11.1 Å².